The average molecular weight is 203 g/mol. The second-order valence-electron chi connectivity index (χ2n) is 3.92. The summed E-state index contributed by atoms with van der Waals surface area (Å²) < 4.78 is 0. The van der Waals surface area contributed by atoms with Crippen LogP contribution in [0.1, 0.15) is 34.6 Å². The maximum Gasteiger partial charge on any atom is 0.333 e. The van der Waals surface area contributed by atoms with Crippen LogP contribution in [0.3, 0.4) is 0 Å². The van der Waals surface area contributed by atoms with Crippen molar-refractivity contribution >= 4 is 6.03 Å². The Balaban J connectivity index is 3.74. The number of nitrogens with zero attached hydrogens (tertiary/aromatic N) is 1. The van der Waals surface area contributed by atoms with Crippen LogP contribution in [0.15, 0.2) is 0 Å². The predicted octanol–water partition coefficient (Wildman–Crippen LogP) is 1.27. The first-order valence-electron chi connectivity index (χ1n) is 4.88. The molecule has 0 spiro atoms. The number of carbonyl (C=O) groups is 1. The molecule has 0 aliphatic carbocycles. The van der Waals surface area contributed by atoms with Crippen molar-refractivity contribution in [2.75, 3.05) is 13.1 Å². The summed E-state index contributed by atoms with van der Waals surface area (Å²) in [5.41, 5.74) is 4.57. The highest BCUT2D eigenvalue weighted by atomic mass is 16.7. The van der Waals surface area contributed by atoms with Crippen molar-refractivity contribution in [2.45, 2.75) is 40.2 Å². The smallest absolute Gasteiger partial charge is 0.324 e. The fraction of sp³-hybridized carbons (Fsp3) is 0.889. The van der Waals surface area contributed by atoms with Crippen molar-refractivity contribution in [1.29, 1.82) is 0 Å². The van der Waals surface area contributed by atoms with E-state index in [0.29, 0.717) is 13.1 Å². The van der Waals surface area contributed by atoms with Gasteiger partial charge in [-0.05, 0) is 34.6 Å². The quantitative estimate of drug-likeness (QED) is 0.677. The minimum Gasteiger partial charge on any atom is -0.324 e. The summed E-state index contributed by atoms with van der Waals surface area (Å²) in [6, 6.07) is -0.181. The monoisotopic (exact) mass is 203 g/mol. The van der Waals surface area contributed by atoms with Crippen molar-refractivity contribution in [3.8, 4) is 0 Å². The summed E-state index contributed by atoms with van der Waals surface area (Å²) in [6.07, 6.45) is 0. The van der Waals surface area contributed by atoms with Crippen molar-refractivity contribution in [3.63, 3.8) is 0 Å². The van der Waals surface area contributed by atoms with E-state index in [1.165, 1.54) is 0 Å². The summed E-state index contributed by atoms with van der Waals surface area (Å²) >= 11 is 0. The van der Waals surface area contributed by atoms with E-state index in [0.717, 1.165) is 0 Å². The molecule has 14 heavy (non-hydrogen) atoms. The number of nitrogens with one attached hydrogen (secondary N) is 2. The SMILES string of the molecule is CCN(CC)C(=O)NNOC(C)(C)C. The molecule has 2 N–H and O–H groups in total. The first-order valence-corrected chi connectivity index (χ1v) is 4.88. The Kier molecular flexibility index (Phi) is 5.49. The Morgan fingerprint density at radius 3 is 2.14 bits per heavy atom. The van der Waals surface area contributed by atoms with Gasteiger partial charge in [0.2, 0.25) is 0 Å². The molecule has 0 unspecified atom stereocenters. The van der Waals surface area contributed by atoms with E-state index in [4.69, 9.17) is 4.84 Å². The van der Waals surface area contributed by atoms with Crippen LogP contribution in [0.5, 0.6) is 0 Å². The molecule has 0 radical (unpaired) electrons. The van der Waals surface area contributed by atoms with Crippen LogP contribution < -0.4 is 11.0 Å². The van der Waals surface area contributed by atoms with Crippen LogP contribution in [0.2, 0.25) is 0 Å². The molecule has 0 saturated heterocycles. The zero-order chi connectivity index (χ0) is 11.2. The highest BCUT2D eigenvalue weighted by molar-refractivity contribution is 5.73. The Bertz CT molecular complexity index is 173. The standard InChI is InChI=1S/C9H21N3O2/c1-6-12(7-2)8(13)10-11-14-9(3,4)5/h11H,6-7H2,1-5H3,(H,10,13). The van der Waals surface area contributed by atoms with Crippen molar-refractivity contribution in [1.82, 2.24) is 15.9 Å². The molecule has 2 amide bonds. The molecule has 0 aliphatic heterocycles. The fourth-order valence-electron chi connectivity index (χ4n) is 0.812. The molecule has 0 aromatic carbocycles. The largest absolute Gasteiger partial charge is 0.333 e. The van der Waals surface area contributed by atoms with Gasteiger partial charge in [-0.25, -0.2) is 10.2 Å². The van der Waals surface area contributed by atoms with Gasteiger partial charge in [0.1, 0.15) is 0 Å². The van der Waals surface area contributed by atoms with E-state index in [9.17, 15) is 4.79 Å². The third kappa shape index (κ3) is 5.77. The molecule has 0 atom stereocenters. The minimum atomic E-state index is -0.323. The highest BCUT2D eigenvalue weighted by Crippen LogP contribution is 2.02. The normalized spacial score (nSPS) is 11.2. The first kappa shape index (κ1) is 13.2. The number of rotatable bonds is 4. The van der Waals surface area contributed by atoms with Gasteiger partial charge in [-0.3, -0.25) is 4.84 Å². The summed E-state index contributed by atoms with van der Waals surface area (Å²) in [5.74, 6) is 0. The van der Waals surface area contributed by atoms with Crippen molar-refractivity contribution in [2.24, 2.45) is 0 Å². The van der Waals surface area contributed by atoms with E-state index >= 15 is 0 Å². The summed E-state index contributed by atoms with van der Waals surface area (Å²) in [6.45, 7) is 10.9. The summed E-state index contributed by atoms with van der Waals surface area (Å²) in [5, 5.41) is 0. The predicted molar refractivity (Wildman–Crippen MR) is 55.4 cm³/mol. The molecule has 0 rings (SSSR count). The molecular weight excluding hydrogens is 182 g/mol. The molecule has 0 fully saturated rings. The molecule has 0 aliphatic rings. The molecule has 0 bridgehead atoms. The number of carbonyl (C=O) groups excluding carboxylic acids is 1. The highest BCUT2D eigenvalue weighted by Gasteiger charge is 2.12. The van der Waals surface area contributed by atoms with Crippen molar-refractivity contribution in [3.05, 3.63) is 0 Å². The van der Waals surface area contributed by atoms with Crippen LogP contribution in [0, 0.1) is 0 Å². The lowest BCUT2D eigenvalue weighted by Crippen LogP contribution is -2.48. The minimum absolute atomic E-state index is 0.181. The lowest BCUT2D eigenvalue weighted by Gasteiger charge is -2.23. The summed E-state index contributed by atoms with van der Waals surface area (Å²) in [4.78, 5) is 18.1. The molecule has 0 heterocycles. The van der Waals surface area contributed by atoms with Gasteiger partial charge in [-0.15, -0.1) is 5.59 Å². The van der Waals surface area contributed by atoms with Crippen LogP contribution in [0.25, 0.3) is 0 Å². The second-order valence-corrected chi connectivity index (χ2v) is 3.92. The van der Waals surface area contributed by atoms with Crippen molar-refractivity contribution < 1.29 is 9.63 Å². The maximum atomic E-state index is 11.4. The maximum absolute atomic E-state index is 11.4. The number of hydrogen-bond acceptors (Lipinski definition) is 3. The number of amides is 2. The van der Waals surface area contributed by atoms with E-state index < -0.39 is 0 Å². The topological polar surface area (TPSA) is 53.6 Å². The Hall–Kier alpha value is -0.810. The zero-order valence-corrected chi connectivity index (χ0v) is 9.68. The molecule has 0 saturated carbocycles. The van der Waals surface area contributed by atoms with Gasteiger partial charge in [0, 0.05) is 13.1 Å². The van der Waals surface area contributed by atoms with E-state index in [2.05, 4.69) is 11.0 Å². The van der Waals surface area contributed by atoms with Crippen LogP contribution in [0.4, 0.5) is 4.79 Å². The third-order valence-electron chi connectivity index (χ3n) is 1.57. The molecule has 0 aromatic rings. The van der Waals surface area contributed by atoms with Crippen LogP contribution >= 0.6 is 0 Å². The van der Waals surface area contributed by atoms with Gasteiger partial charge in [-0.1, -0.05) is 0 Å². The lowest BCUT2D eigenvalue weighted by atomic mass is 10.2. The first-order chi connectivity index (χ1) is 6.40. The third-order valence-corrected chi connectivity index (χ3v) is 1.57. The number of urea groups is 1. The van der Waals surface area contributed by atoms with Gasteiger partial charge in [0.25, 0.3) is 0 Å². The fourth-order valence-corrected chi connectivity index (χ4v) is 0.812. The molecule has 5 heteroatoms. The van der Waals surface area contributed by atoms with E-state index in [1.807, 2.05) is 34.6 Å². The van der Waals surface area contributed by atoms with Crippen LogP contribution in [-0.4, -0.2) is 29.6 Å². The Morgan fingerprint density at radius 2 is 1.79 bits per heavy atom. The summed E-state index contributed by atoms with van der Waals surface area (Å²) in [7, 11) is 0. The van der Waals surface area contributed by atoms with Gasteiger partial charge in [-0.2, -0.15) is 0 Å². The van der Waals surface area contributed by atoms with E-state index in [-0.39, 0.29) is 11.6 Å². The molecule has 0 aromatic heterocycles. The lowest BCUT2D eigenvalue weighted by molar-refractivity contribution is -0.0876. The Labute approximate surface area is 85.7 Å². The Morgan fingerprint density at radius 1 is 1.29 bits per heavy atom. The zero-order valence-electron chi connectivity index (χ0n) is 9.68. The number of hydrogen-bond donors (Lipinski definition) is 2. The van der Waals surface area contributed by atoms with E-state index in [1.54, 1.807) is 4.90 Å². The van der Waals surface area contributed by atoms with Crippen LogP contribution in [-0.2, 0) is 4.84 Å². The average Bonchev–Trinajstić information content (AvgIpc) is 2.04. The molecule has 84 valence electrons. The second kappa shape index (κ2) is 5.82. The van der Waals surface area contributed by atoms with Gasteiger partial charge in [0.15, 0.2) is 0 Å². The van der Waals surface area contributed by atoms with Gasteiger partial charge in [0.05, 0.1) is 5.60 Å². The molecular formula is C9H21N3O2. The molecule has 5 nitrogen and oxygen atoms in total. The number of hydrazine groups is 1. The van der Waals surface area contributed by atoms with Gasteiger partial charge < -0.3 is 4.90 Å². The van der Waals surface area contributed by atoms with Gasteiger partial charge >= 0.3 is 6.03 Å².